The summed E-state index contributed by atoms with van der Waals surface area (Å²) in [6.07, 6.45) is 2.20. The van der Waals surface area contributed by atoms with Crippen molar-refractivity contribution in [2.45, 2.75) is 33.2 Å². The van der Waals surface area contributed by atoms with Crippen LogP contribution < -0.4 is 0 Å². The first-order chi connectivity index (χ1) is 13.0. The molecule has 0 aliphatic carbocycles. The van der Waals surface area contributed by atoms with Gasteiger partial charge in [0.2, 0.25) is 5.95 Å². The molecule has 1 aliphatic rings. The second kappa shape index (κ2) is 6.57. The van der Waals surface area contributed by atoms with E-state index in [1.54, 1.807) is 12.1 Å². The van der Waals surface area contributed by atoms with E-state index < -0.39 is 5.95 Å². The Balaban J connectivity index is 1.72. The zero-order valence-corrected chi connectivity index (χ0v) is 15.5. The maximum atomic E-state index is 14.0. The van der Waals surface area contributed by atoms with Gasteiger partial charge in [0, 0.05) is 29.9 Å². The van der Waals surface area contributed by atoms with Crippen molar-refractivity contribution in [1.82, 2.24) is 24.9 Å². The first kappa shape index (κ1) is 17.3. The number of fused-ring (bicyclic) bond motifs is 1. The van der Waals surface area contributed by atoms with Crippen molar-refractivity contribution < 1.29 is 9.18 Å². The molecule has 1 aromatic carbocycles. The third-order valence-corrected chi connectivity index (χ3v) is 4.98. The Morgan fingerprint density at radius 1 is 1.22 bits per heavy atom. The molecule has 0 bridgehead atoms. The molecule has 138 valence electrons. The smallest absolute Gasteiger partial charge is 0.254 e. The molecule has 1 aliphatic heterocycles. The van der Waals surface area contributed by atoms with Gasteiger partial charge in [-0.25, -0.2) is 9.67 Å². The van der Waals surface area contributed by atoms with Gasteiger partial charge in [-0.1, -0.05) is 11.3 Å². The van der Waals surface area contributed by atoms with Gasteiger partial charge in [-0.05, 0) is 57.0 Å². The van der Waals surface area contributed by atoms with Crippen molar-refractivity contribution in [1.29, 1.82) is 0 Å². The van der Waals surface area contributed by atoms with Gasteiger partial charge in [0.25, 0.3) is 5.91 Å². The molecular weight excluding hydrogens is 345 g/mol. The first-order valence-electron chi connectivity index (χ1n) is 8.95. The summed E-state index contributed by atoms with van der Waals surface area (Å²) in [5.41, 5.74) is 4.26. The minimum absolute atomic E-state index is 0.0654. The van der Waals surface area contributed by atoms with Gasteiger partial charge >= 0.3 is 0 Å². The Morgan fingerprint density at radius 3 is 2.78 bits per heavy atom. The number of carbonyl (C=O) groups excluding carboxylic acids is 1. The van der Waals surface area contributed by atoms with Crippen molar-refractivity contribution in [2.75, 3.05) is 6.54 Å². The number of amides is 1. The van der Waals surface area contributed by atoms with E-state index in [9.17, 15) is 9.18 Å². The first-order valence-corrected chi connectivity index (χ1v) is 8.95. The lowest BCUT2D eigenvalue weighted by molar-refractivity contribution is 0.0688. The molecule has 0 saturated heterocycles. The number of carbonyl (C=O) groups is 1. The van der Waals surface area contributed by atoms with Crippen LogP contribution in [0.15, 0.2) is 36.5 Å². The van der Waals surface area contributed by atoms with Crippen molar-refractivity contribution in [3.63, 3.8) is 0 Å². The molecule has 0 radical (unpaired) electrons. The topological polar surface area (TPSA) is 63.9 Å². The van der Waals surface area contributed by atoms with Crippen LogP contribution in [0.1, 0.15) is 35.5 Å². The molecule has 3 aromatic rings. The summed E-state index contributed by atoms with van der Waals surface area (Å²) >= 11 is 0. The van der Waals surface area contributed by atoms with Gasteiger partial charge < -0.3 is 4.90 Å². The van der Waals surface area contributed by atoms with E-state index in [1.807, 2.05) is 43.9 Å². The van der Waals surface area contributed by atoms with E-state index in [0.29, 0.717) is 17.9 Å². The van der Waals surface area contributed by atoms with Gasteiger partial charge in [0.05, 0.1) is 5.69 Å². The summed E-state index contributed by atoms with van der Waals surface area (Å²) in [7, 11) is 0. The fourth-order valence-corrected chi connectivity index (χ4v) is 3.51. The molecular formula is C20H20FN5O. The number of hydrogen-bond acceptors (Lipinski definition) is 4. The van der Waals surface area contributed by atoms with Crippen LogP contribution in [0.2, 0.25) is 0 Å². The van der Waals surface area contributed by atoms with Gasteiger partial charge in [-0.3, -0.25) is 4.79 Å². The number of hydrogen-bond donors (Lipinski definition) is 0. The maximum absolute atomic E-state index is 14.0. The monoisotopic (exact) mass is 365 g/mol. The van der Waals surface area contributed by atoms with Crippen LogP contribution in [-0.2, 0) is 6.42 Å². The zero-order chi connectivity index (χ0) is 19.1. The van der Waals surface area contributed by atoms with E-state index >= 15 is 0 Å². The standard InChI is InChI=1S/C20H20FN5O/c1-12(2)25-10-8-14-11-15(6-7-16(14)20(25)27)18-13(3)26(24-23-18)17-5-4-9-22-19(17)21/h4-7,9,11-12H,8,10H2,1-3H3. The Kier molecular flexibility index (Phi) is 4.22. The van der Waals surface area contributed by atoms with E-state index in [4.69, 9.17) is 0 Å². The SMILES string of the molecule is Cc1c(-c2ccc3c(c2)CCN(C(C)C)C3=O)nnn1-c1cccnc1F. The Hall–Kier alpha value is -3.09. The minimum atomic E-state index is -0.595. The molecule has 4 rings (SSSR count). The molecule has 0 unspecified atom stereocenters. The molecule has 2 aromatic heterocycles. The highest BCUT2D eigenvalue weighted by atomic mass is 19.1. The van der Waals surface area contributed by atoms with Gasteiger partial charge in [-0.2, -0.15) is 4.39 Å². The van der Waals surface area contributed by atoms with E-state index in [2.05, 4.69) is 15.3 Å². The average Bonchev–Trinajstić information content (AvgIpc) is 3.03. The van der Waals surface area contributed by atoms with Gasteiger partial charge in [-0.15, -0.1) is 5.10 Å². The molecule has 1 amide bonds. The molecule has 0 atom stereocenters. The zero-order valence-electron chi connectivity index (χ0n) is 15.5. The van der Waals surface area contributed by atoms with E-state index in [0.717, 1.165) is 23.1 Å². The largest absolute Gasteiger partial charge is 0.336 e. The highest BCUT2D eigenvalue weighted by Crippen LogP contribution is 2.28. The number of benzene rings is 1. The van der Waals surface area contributed by atoms with E-state index in [1.165, 1.54) is 10.9 Å². The Labute approximate surface area is 156 Å². The third kappa shape index (κ3) is 2.89. The van der Waals surface area contributed by atoms with Crippen LogP contribution in [0.3, 0.4) is 0 Å². The van der Waals surface area contributed by atoms with Crippen LogP contribution in [0.25, 0.3) is 16.9 Å². The van der Waals surface area contributed by atoms with Crippen molar-refractivity contribution in [3.8, 4) is 16.9 Å². The second-order valence-electron chi connectivity index (χ2n) is 6.96. The molecule has 0 N–H and O–H groups in total. The van der Waals surface area contributed by atoms with Gasteiger partial charge in [0.1, 0.15) is 11.4 Å². The number of aromatic nitrogens is 4. The number of pyridine rings is 1. The quantitative estimate of drug-likeness (QED) is 0.669. The fraction of sp³-hybridized carbons (Fsp3) is 0.300. The molecule has 0 saturated carbocycles. The molecule has 3 heterocycles. The van der Waals surface area contributed by atoms with Crippen molar-refractivity contribution in [2.24, 2.45) is 0 Å². The maximum Gasteiger partial charge on any atom is 0.254 e. The summed E-state index contributed by atoms with van der Waals surface area (Å²) in [6, 6.07) is 9.17. The summed E-state index contributed by atoms with van der Waals surface area (Å²) < 4.78 is 15.4. The highest BCUT2D eigenvalue weighted by Gasteiger charge is 2.26. The molecule has 7 heteroatoms. The summed E-state index contributed by atoms with van der Waals surface area (Å²) in [6.45, 7) is 6.60. The highest BCUT2D eigenvalue weighted by molar-refractivity contribution is 5.97. The lowest BCUT2D eigenvalue weighted by Gasteiger charge is -2.32. The molecule has 0 spiro atoms. The lowest BCUT2D eigenvalue weighted by Crippen LogP contribution is -2.42. The van der Waals surface area contributed by atoms with Crippen LogP contribution in [0.5, 0.6) is 0 Å². The van der Waals surface area contributed by atoms with E-state index in [-0.39, 0.29) is 17.6 Å². The molecule has 27 heavy (non-hydrogen) atoms. The summed E-state index contributed by atoms with van der Waals surface area (Å²) in [5, 5.41) is 8.33. The molecule has 6 nitrogen and oxygen atoms in total. The number of rotatable bonds is 3. The predicted octanol–water partition coefficient (Wildman–Crippen LogP) is 3.18. The number of nitrogens with zero attached hydrogens (tertiary/aromatic N) is 5. The molecule has 0 fully saturated rings. The fourth-order valence-electron chi connectivity index (χ4n) is 3.51. The van der Waals surface area contributed by atoms with Crippen LogP contribution in [0, 0.1) is 12.9 Å². The van der Waals surface area contributed by atoms with Crippen LogP contribution in [0.4, 0.5) is 4.39 Å². The Bertz CT molecular complexity index is 1030. The summed E-state index contributed by atoms with van der Waals surface area (Å²) in [4.78, 5) is 18.2. The summed E-state index contributed by atoms with van der Waals surface area (Å²) in [5.74, 6) is -0.530. The number of halogens is 1. The van der Waals surface area contributed by atoms with Gasteiger partial charge in [0.15, 0.2) is 0 Å². The second-order valence-corrected chi connectivity index (χ2v) is 6.96. The predicted molar refractivity (Wildman–Crippen MR) is 99.2 cm³/mol. The van der Waals surface area contributed by atoms with Crippen LogP contribution >= 0.6 is 0 Å². The minimum Gasteiger partial charge on any atom is -0.336 e. The normalized spacial score (nSPS) is 14.0. The average molecular weight is 365 g/mol. The lowest BCUT2D eigenvalue weighted by atomic mass is 9.94. The van der Waals surface area contributed by atoms with Crippen molar-refractivity contribution in [3.05, 3.63) is 59.3 Å². The Morgan fingerprint density at radius 2 is 2.04 bits per heavy atom. The third-order valence-electron chi connectivity index (χ3n) is 4.98. The van der Waals surface area contributed by atoms with Crippen molar-refractivity contribution >= 4 is 5.91 Å². The van der Waals surface area contributed by atoms with Crippen LogP contribution in [-0.4, -0.2) is 43.4 Å².